The number of carbonyl (C=O) groups is 1. The van der Waals surface area contributed by atoms with Crippen molar-refractivity contribution in [2.45, 2.75) is 43.4 Å². The first kappa shape index (κ1) is 24.8. The summed E-state index contributed by atoms with van der Waals surface area (Å²) >= 11 is 0. The molecule has 2 aromatic rings. The van der Waals surface area contributed by atoms with Crippen LogP contribution in [0.15, 0.2) is 36.4 Å². The van der Waals surface area contributed by atoms with E-state index in [9.17, 15) is 49.4 Å². The third-order valence-electron chi connectivity index (χ3n) is 5.29. The van der Waals surface area contributed by atoms with Gasteiger partial charge in [0.2, 0.25) is 5.91 Å². The minimum atomic E-state index is -6.21. The van der Waals surface area contributed by atoms with Gasteiger partial charge in [0, 0.05) is 22.4 Å². The Bertz CT molecular complexity index is 1050. The summed E-state index contributed by atoms with van der Waals surface area (Å²) in [6, 6.07) is 2.54. The van der Waals surface area contributed by atoms with Crippen molar-refractivity contribution in [3.8, 4) is 0 Å². The second-order valence-electron chi connectivity index (χ2n) is 7.44. The minimum absolute atomic E-state index is 0.0708. The molecule has 0 saturated carbocycles. The molecule has 13 heteroatoms. The van der Waals surface area contributed by atoms with Crippen molar-refractivity contribution in [1.29, 1.82) is 0 Å². The molecule has 0 aromatic heterocycles. The van der Waals surface area contributed by atoms with Gasteiger partial charge in [-0.25, -0.2) is 13.2 Å². The molecule has 2 aromatic carbocycles. The Balaban J connectivity index is 2.11. The normalized spacial score (nSPS) is 17.5. The highest BCUT2D eigenvalue weighted by atomic mass is 19.4. The molecule has 1 atom stereocenters. The van der Waals surface area contributed by atoms with Crippen molar-refractivity contribution in [2.75, 3.05) is 4.90 Å². The van der Waals surface area contributed by atoms with Crippen molar-refractivity contribution < 1.29 is 49.4 Å². The summed E-state index contributed by atoms with van der Waals surface area (Å²) in [4.78, 5) is 13.3. The first-order chi connectivity index (χ1) is 15.1. The molecule has 3 N–H and O–H groups in total. The first-order valence-corrected chi connectivity index (χ1v) is 9.20. The van der Waals surface area contributed by atoms with Crippen LogP contribution in [0.3, 0.4) is 0 Å². The van der Waals surface area contributed by atoms with E-state index < -0.39 is 65.4 Å². The van der Waals surface area contributed by atoms with E-state index in [1.54, 1.807) is 0 Å². The number of halogens is 9. The highest BCUT2D eigenvalue weighted by Crippen LogP contribution is 2.50. The van der Waals surface area contributed by atoms with Crippen LogP contribution in [0.2, 0.25) is 0 Å². The SMILES string of the molecule is N[C@@H]1Cc2ccc(C(F)F)cc2N(Cc2cc(C(O)(C(F)(F)F)C(F)(F)F)ccc2F)C1=O. The fourth-order valence-electron chi connectivity index (χ4n) is 3.53. The number of aliphatic hydroxyl groups is 1. The van der Waals surface area contributed by atoms with Crippen LogP contribution in [-0.4, -0.2) is 29.4 Å². The van der Waals surface area contributed by atoms with Crippen molar-refractivity contribution in [1.82, 2.24) is 0 Å². The lowest BCUT2D eigenvalue weighted by Gasteiger charge is -2.34. The number of hydrogen-bond donors (Lipinski definition) is 2. The molecule has 1 amide bonds. The average molecular weight is 486 g/mol. The number of anilines is 1. The van der Waals surface area contributed by atoms with Gasteiger partial charge in [0.15, 0.2) is 0 Å². The topological polar surface area (TPSA) is 66.6 Å². The number of carbonyl (C=O) groups excluding carboxylic acids is 1. The van der Waals surface area contributed by atoms with E-state index in [1.807, 2.05) is 0 Å². The standard InChI is InChI=1S/C20H15F9N2O2/c21-13-4-3-12(18(33,19(24,25)26)20(27,28)29)5-11(13)8-31-15-7-10(16(22)23)2-1-9(15)6-14(30)17(31)32/h1-5,7,14,16,33H,6,8,30H2/t14-/m1/s1. The Kier molecular flexibility index (Phi) is 6.17. The predicted octanol–water partition coefficient (Wildman–Crippen LogP) is 4.49. The molecule has 0 bridgehead atoms. The summed E-state index contributed by atoms with van der Waals surface area (Å²) in [6.45, 7) is -0.919. The molecule has 1 heterocycles. The fourth-order valence-corrected chi connectivity index (χ4v) is 3.53. The number of benzene rings is 2. The number of alkyl halides is 8. The molecule has 0 unspecified atom stereocenters. The van der Waals surface area contributed by atoms with E-state index in [0.717, 1.165) is 12.1 Å². The number of nitrogens with two attached hydrogens (primary N) is 1. The van der Waals surface area contributed by atoms with Crippen LogP contribution in [0.25, 0.3) is 0 Å². The molecule has 0 radical (unpaired) electrons. The zero-order chi connectivity index (χ0) is 24.9. The zero-order valence-corrected chi connectivity index (χ0v) is 16.3. The molecule has 3 rings (SSSR count). The maximum absolute atomic E-state index is 14.4. The third-order valence-corrected chi connectivity index (χ3v) is 5.29. The number of amides is 1. The highest BCUT2D eigenvalue weighted by Gasteiger charge is 2.71. The quantitative estimate of drug-likeness (QED) is 0.626. The van der Waals surface area contributed by atoms with Crippen LogP contribution in [0.1, 0.15) is 28.7 Å². The molecule has 0 spiro atoms. The largest absolute Gasteiger partial charge is 0.430 e. The monoisotopic (exact) mass is 486 g/mol. The van der Waals surface area contributed by atoms with Gasteiger partial charge < -0.3 is 15.7 Å². The minimum Gasteiger partial charge on any atom is -0.369 e. The Morgan fingerprint density at radius 3 is 2.18 bits per heavy atom. The van der Waals surface area contributed by atoms with E-state index in [2.05, 4.69) is 0 Å². The second-order valence-corrected chi connectivity index (χ2v) is 7.44. The summed E-state index contributed by atoms with van der Waals surface area (Å²) in [5.41, 5.74) is -2.50. The van der Waals surface area contributed by atoms with Gasteiger partial charge in [-0.2, -0.15) is 26.3 Å². The summed E-state index contributed by atoms with van der Waals surface area (Å²) in [7, 11) is 0. The van der Waals surface area contributed by atoms with Crippen molar-refractivity contribution in [2.24, 2.45) is 5.73 Å². The molecule has 4 nitrogen and oxygen atoms in total. The molecule has 1 aliphatic rings. The van der Waals surface area contributed by atoms with E-state index in [0.29, 0.717) is 10.5 Å². The Morgan fingerprint density at radius 2 is 1.64 bits per heavy atom. The molecule has 33 heavy (non-hydrogen) atoms. The van der Waals surface area contributed by atoms with E-state index in [-0.39, 0.29) is 30.3 Å². The summed E-state index contributed by atoms with van der Waals surface area (Å²) in [5.74, 6) is -2.19. The lowest BCUT2D eigenvalue weighted by molar-refractivity contribution is -0.376. The van der Waals surface area contributed by atoms with Crippen LogP contribution in [0, 0.1) is 5.82 Å². The van der Waals surface area contributed by atoms with Gasteiger partial charge in [-0.1, -0.05) is 18.2 Å². The molecular weight excluding hydrogens is 471 g/mol. The second kappa shape index (κ2) is 8.20. The van der Waals surface area contributed by atoms with Gasteiger partial charge in [-0.05, 0) is 30.2 Å². The molecule has 180 valence electrons. The van der Waals surface area contributed by atoms with Gasteiger partial charge in [0.05, 0.1) is 12.6 Å². The molecule has 1 aliphatic heterocycles. The van der Waals surface area contributed by atoms with Gasteiger partial charge in [-0.15, -0.1) is 0 Å². The van der Waals surface area contributed by atoms with Gasteiger partial charge >= 0.3 is 12.4 Å². The van der Waals surface area contributed by atoms with E-state index in [1.165, 1.54) is 6.07 Å². The maximum Gasteiger partial charge on any atom is 0.430 e. The first-order valence-electron chi connectivity index (χ1n) is 9.20. The van der Waals surface area contributed by atoms with Crippen LogP contribution in [0.4, 0.5) is 45.2 Å². The molecule has 0 aliphatic carbocycles. The number of rotatable bonds is 4. The van der Waals surface area contributed by atoms with Gasteiger partial charge in [0.25, 0.3) is 12.0 Å². The van der Waals surface area contributed by atoms with Crippen LogP contribution in [0.5, 0.6) is 0 Å². The van der Waals surface area contributed by atoms with Crippen LogP contribution in [-0.2, 0) is 23.4 Å². The van der Waals surface area contributed by atoms with Gasteiger partial charge in [0.1, 0.15) is 5.82 Å². The Labute approximate surface area is 180 Å². The number of hydrogen-bond acceptors (Lipinski definition) is 3. The Morgan fingerprint density at radius 1 is 1.03 bits per heavy atom. The predicted molar refractivity (Wildman–Crippen MR) is 96.7 cm³/mol. The summed E-state index contributed by atoms with van der Waals surface area (Å²) < 4.78 is 120. The highest BCUT2D eigenvalue weighted by molar-refractivity contribution is 6.00. The Hall–Kier alpha value is -2.80. The lowest BCUT2D eigenvalue weighted by Crippen LogP contribution is -2.54. The van der Waals surface area contributed by atoms with Crippen molar-refractivity contribution in [3.63, 3.8) is 0 Å². The number of fused-ring (bicyclic) bond motifs is 1. The summed E-state index contributed by atoms with van der Waals surface area (Å²) in [5, 5.41) is 9.57. The molecule has 0 fully saturated rings. The third kappa shape index (κ3) is 4.26. The lowest BCUT2D eigenvalue weighted by atomic mass is 9.90. The summed E-state index contributed by atoms with van der Waals surface area (Å²) in [6.07, 6.45) is -15.4. The van der Waals surface area contributed by atoms with Crippen LogP contribution >= 0.6 is 0 Å². The van der Waals surface area contributed by atoms with E-state index >= 15 is 0 Å². The number of nitrogens with zero attached hydrogens (tertiary/aromatic N) is 1. The molecular formula is C20H15F9N2O2. The van der Waals surface area contributed by atoms with Crippen LogP contribution < -0.4 is 10.6 Å². The zero-order valence-electron chi connectivity index (χ0n) is 16.3. The molecule has 0 saturated heterocycles. The van der Waals surface area contributed by atoms with Gasteiger partial charge in [-0.3, -0.25) is 4.79 Å². The average Bonchev–Trinajstić information content (AvgIpc) is 2.70. The van der Waals surface area contributed by atoms with Crippen molar-refractivity contribution >= 4 is 11.6 Å². The smallest absolute Gasteiger partial charge is 0.369 e. The maximum atomic E-state index is 14.4. The van der Waals surface area contributed by atoms with Crippen molar-refractivity contribution in [3.05, 3.63) is 64.5 Å². The van der Waals surface area contributed by atoms with E-state index in [4.69, 9.17) is 5.73 Å². The fraction of sp³-hybridized carbons (Fsp3) is 0.350.